The zero-order valence-electron chi connectivity index (χ0n) is 16.3. The Bertz CT molecular complexity index is 1140. The maximum absolute atomic E-state index is 12.9. The Morgan fingerprint density at radius 3 is 2.13 bits per heavy atom. The highest BCUT2D eigenvalue weighted by Crippen LogP contribution is 2.35. The number of hydrogen-bond donors (Lipinski definition) is 0. The van der Waals surface area contributed by atoms with Crippen LogP contribution in [0.1, 0.15) is 16.7 Å². The summed E-state index contributed by atoms with van der Waals surface area (Å²) in [4.78, 5) is 27.0. The molecule has 1 aliphatic rings. The molecule has 0 N–H and O–H groups in total. The second-order valence-electron chi connectivity index (χ2n) is 6.85. The molecule has 1 heterocycles. The van der Waals surface area contributed by atoms with Gasteiger partial charge in [0, 0.05) is 14.5 Å². The van der Waals surface area contributed by atoms with E-state index >= 15 is 0 Å². The Labute approximate surface area is 201 Å². The standard InChI is InChI=1S/C24H17Br2NO3S/c25-19-9-5-16(6-10-19)14-27-23(28)22(31-24(27)29)13-18-3-1-2-4-21(18)30-15-17-7-11-20(26)12-8-17/h1-13H,14-15H2/b22-13-. The Balaban J connectivity index is 1.50. The zero-order chi connectivity index (χ0) is 21.8. The number of halogens is 2. The number of hydrogen-bond acceptors (Lipinski definition) is 4. The van der Waals surface area contributed by atoms with E-state index in [2.05, 4.69) is 31.9 Å². The number of ether oxygens (including phenoxy) is 1. The molecule has 0 aromatic heterocycles. The maximum atomic E-state index is 12.9. The molecule has 4 nitrogen and oxygen atoms in total. The first-order chi connectivity index (χ1) is 15.0. The smallest absolute Gasteiger partial charge is 0.293 e. The van der Waals surface area contributed by atoms with Gasteiger partial charge in [0.25, 0.3) is 11.1 Å². The highest BCUT2D eigenvalue weighted by Gasteiger charge is 2.35. The average Bonchev–Trinajstić information content (AvgIpc) is 3.03. The molecule has 4 rings (SSSR count). The van der Waals surface area contributed by atoms with Crippen LogP contribution in [0, 0.1) is 0 Å². The fourth-order valence-electron chi connectivity index (χ4n) is 3.02. The molecule has 3 aromatic carbocycles. The van der Waals surface area contributed by atoms with E-state index in [1.807, 2.05) is 72.8 Å². The van der Waals surface area contributed by atoms with E-state index in [1.54, 1.807) is 6.08 Å². The van der Waals surface area contributed by atoms with E-state index in [4.69, 9.17) is 4.74 Å². The second-order valence-corrected chi connectivity index (χ2v) is 9.67. The minimum Gasteiger partial charge on any atom is -0.488 e. The largest absolute Gasteiger partial charge is 0.488 e. The van der Waals surface area contributed by atoms with E-state index < -0.39 is 0 Å². The molecule has 0 unspecified atom stereocenters. The van der Waals surface area contributed by atoms with Gasteiger partial charge in [0.15, 0.2) is 0 Å². The first-order valence-corrected chi connectivity index (χ1v) is 11.9. The molecule has 0 aliphatic carbocycles. The number of amides is 2. The monoisotopic (exact) mass is 557 g/mol. The number of para-hydroxylation sites is 1. The van der Waals surface area contributed by atoms with Crippen LogP contribution in [-0.4, -0.2) is 16.0 Å². The third kappa shape index (κ3) is 5.47. The highest BCUT2D eigenvalue weighted by molar-refractivity contribution is 9.10. The van der Waals surface area contributed by atoms with Gasteiger partial charge in [0.1, 0.15) is 12.4 Å². The van der Waals surface area contributed by atoms with Crippen LogP contribution in [0.25, 0.3) is 6.08 Å². The van der Waals surface area contributed by atoms with E-state index in [-0.39, 0.29) is 17.7 Å². The molecular formula is C24H17Br2NO3S. The molecule has 2 amide bonds. The van der Waals surface area contributed by atoms with E-state index in [0.29, 0.717) is 17.3 Å². The molecule has 0 saturated carbocycles. The summed E-state index contributed by atoms with van der Waals surface area (Å²) in [5.74, 6) is 0.366. The summed E-state index contributed by atoms with van der Waals surface area (Å²) < 4.78 is 7.94. The summed E-state index contributed by atoms with van der Waals surface area (Å²) in [5.41, 5.74) is 2.69. The van der Waals surface area contributed by atoms with Crippen LogP contribution in [-0.2, 0) is 17.9 Å². The lowest BCUT2D eigenvalue weighted by molar-refractivity contribution is -0.123. The maximum Gasteiger partial charge on any atom is 0.293 e. The van der Waals surface area contributed by atoms with Crippen molar-refractivity contribution in [3.8, 4) is 5.75 Å². The topological polar surface area (TPSA) is 46.6 Å². The third-order valence-electron chi connectivity index (χ3n) is 4.64. The molecule has 0 atom stereocenters. The van der Waals surface area contributed by atoms with E-state index in [0.717, 1.165) is 37.4 Å². The van der Waals surface area contributed by atoms with E-state index in [1.165, 1.54) is 4.90 Å². The number of carbonyl (C=O) groups excluding carboxylic acids is 2. The first kappa shape index (κ1) is 21.9. The molecule has 31 heavy (non-hydrogen) atoms. The van der Waals surface area contributed by atoms with Crippen LogP contribution >= 0.6 is 43.6 Å². The third-order valence-corrected chi connectivity index (χ3v) is 6.61. The fraction of sp³-hybridized carbons (Fsp3) is 0.0833. The number of imide groups is 1. The minimum absolute atomic E-state index is 0.247. The number of rotatable bonds is 6. The number of benzene rings is 3. The van der Waals surface area contributed by atoms with Gasteiger partial charge < -0.3 is 4.74 Å². The molecule has 3 aromatic rings. The number of carbonyl (C=O) groups is 2. The van der Waals surface area contributed by atoms with Crippen molar-refractivity contribution < 1.29 is 14.3 Å². The summed E-state index contributed by atoms with van der Waals surface area (Å²) in [6.07, 6.45) is 1.73. The van der Waals surface area contributed by atoms with Gasteiger partial charge in [-0.05, 0) is 59.3 Å². The van der Waals surface area contributed by atoms with Gasteiger partial charge in [-0.15, -0.1) is 0 Å². The molecule has 7 heteroatoms. The second kappa shape index (κ2) is 9.85. The lowest BCUT2D eigenvalue weighted by atomic mass is 10.1. The minimum atomic E-state index is -0.291. The molecule has 0 bridgehead atoms. The van der Waals surface area contributed by atoms with Gasteiger partial charge in [-0.2, -0.15) is 0 Å². The average molecular weight is 559 g/mol. The SMILES string of the molecule is O=C1S/C(=C\c2ccccc2OCc2ccc(Br)cc2)C(=O)N1Cc1ccc(Br)cc1. The summed E-state index contributed by atoms with van der Waals surface area (Å²) in [6, 6.07) is 23.0. The van der Waals surface area contributed by atoms with Crippen molar-refractivity contribution >= 4 is 60.8 Å². The molecule has 156 valence electrons. The predicted molar refractivity (Wildman–Crippen MR) is 131 cm³/mol. The van der Waals surface area contributed by atoms with Crippen LogP contribution in [0.4, 0.5) is 4.79 Å². The molecule has 0 spiro atoms. The highest BCUT2D eigenvalue weighted by atomic mass is 79.9. The van der Waals surface area contributed by atoms with Crippen molar-refractivity contribution in [2.24, 2.45) is 0 Å². The summed E-state index contributed by atoms with van der Waals surface area (Å²) in [7, 11) is 0. The lowest BCUT2D eigenvalue weighted by Crippen LogP contribution is -2.27. The van der Waals surface area contributed by atoms with Gasteiger partial charge in [-0.3, -0.25) is 14.5 Å². The van der Waals surface area contributed by atoms with E-state index in [9.17, 15) is 9.59 Å². The molecule has 1 fully saturated rings. The van der Waals surface area contributed by atoms with Gasteiger partial charge >= 0.3 is 0 Å². The quantitative estimate of drug-likeness (QED) is 0.305. The van der Waals surface area contributed by atoms with Crippen molar-refractivity contribution in [1.82, 2.24) is 4.90 Å². The molecule has 1 aliphatic heterocycles. The van der Waals surface area contributed by atoms with Crippen LogP contribution in [0.2, 0.25) is 0 Å². The van der Waals surface area contributed by atoms with Crippen molar-refractivity contribution in [2.75, 3.05) is 0 Å². The molecule has 1 saturated heterocycles. The fourth-order valence-corrected chi connectivity index (χ4v) is 4.38. The number of nitrogens with zero attached hydrogens (tertiary/aromatic N) is 1. The van der Waals surface area contributed by atoms with Crippen LogP contribution < -0.4 is 4.74 Å². The van der Waals surface area contributed by atoms with Crippen molar-refractivity contribution in [1.29, 1.82) is 0 Å². The van der Waals surface area contributed by atoms with Crippen molar-refractivity contribution in [3.05, 3.63) is 103 Å². The van der Waals surface area contributed by atoms with Crippen LogP contribution in [0.3, 0.4) is 0 Å². The van der Waals surface area contributed by atoms with Gasteiger partial charge in [-0.1, -0.05) is 74.3 Å². The summed E-state index contributed by atoms with van der Waals surface area (Å²) in [5, 5.41) is -0.271. The van der Waals surface area contributed by atoms with Crippen molar-refractivity contribution in [2.45, 2.75) is 13.2 Å². The Kier molecular flexibility index (Phi) is 6.95. The van der Waals surface area contributed by atoms with Gasteiger partial charge in [0.05, 0.1) is 11.4 Å². The summed E-state index contributed by atoms with van der Waals surface area (Å²) in [6.45, 7) is 0.653. The molecular weight excluding hydrogens is 542 g/mol. The summed E-state index contributed by atoms with van der Waals surface area (Å²) >= 11 is 7.77. The Hall–Kier alpha value is -2.35. The molecule has 0 radical (unpaired) electrons. The zero-order valence-corrected chi connectivity index (χ0v) is 20.2. The lowest BCUT2D eigenvalue weighted by Gasteiger charge is -2.12. The van der Waals surface area contributed by atoms with Gasteiger partial charge in [-0.25, -0.2) is 0 Å². The first-order valence-electron chi connectivity index (χ1n) is 9.46. The van der Waals surface area contributed by atoms with Gasteiger partial charge in [0.2, 0.25) is 0 Å². The predicted octanol–water partition coefficient (Wildman–Crippen LogP) is 7.03. The number of thioether (sulfide) groups is 1. The van der Waals surface area contributed by atoms with Crippen molar-refractivity contribution in [3.63, 3.8) is 0 Å². The Morgan fingerprint density at radius 1 is 0.839 bits per heavy atom. The van der Waals surface area contributed by atoms with Crippen LogP contribution in [0.5, 0.6) is 5.75 Å². The Morgan fingerprint density at radius 2 is 1.45 bits per heavy atom. The van der Waals surface area contributed by atoms with Crippen LogP contribution in [0.15, 0.2) is 86.6 Å². The normalized spacial score (nSPS) is 15.0.